The van der Waals surface area contributed by atoms with E-state index in [0.717, 1.165) is 56.3 Å². The normalized spacial score (nSPS) is 14.7. The lowest BCUT2D eigenvalue weighted by molar-refractivity contribution is 0.201. The van der Waals surface area contributed by atoms with Gasteiger partial charge in [0.25, 0.3) is 0 Å². The second kappa shape index (κ2) is 10.6. The lowest BCUT2D eigenvalue weighted by Gasteiger charge is -2.36. The van der Waals surface area contributed by atoms with Gasteiger partial charge in [0.1, 0.15) is 12.4 Å². The topological polar surface area (TPSA) is 54.4 Å². The Balaban J connectivity index is 1.52. The highest BCUT2D eigenvalue weighted by Gasteiger charge is 2.18. The molecule has 0 spiro atoms. The minimum absolute atomic E-state index is 0.0285. The summed E-state index contributed by atoms with van der Waals surface area (Å²) < 4.78 is 16.2. The van der Waals surface area contributed by atoms with Crippen molar-refractivity contribution >= 4 is 17.3 Å². The number of piperazine rings is 1. The maximum Gasteiger partial charge on any atom is 0.160 e. The molecule has 1 N–H and O–H groups in total. The van der Waals surface area contributed by atoms with Crippen molar-refractivity contribution in [2.75, 3.05) is 65.1 Å². The number of rotatable bonds is 9. The van der Waals surface area contributed by atoms with Gasteiger partial charge in [-0.25, -0.2) is 0 Å². The van der Waals surface area contributed by atoms with Gasteiger partial charge in [-0.05, 0) is 36.2 Å². The van der Waals surface area contributed by atoms with Crippen LogP contribution in [-0.4, -0.2) is 70.2 Å². The van der Waals surface area contributed by atoms with Crippen LogP contribution in [0.25, 0.3) is 0 Å². The molecule has 1 aliphatic heterocycles. The molecule has 29 heavy (non-hydrogen) atoms. The van der Waals surface area contributed by atoms with Gasteiger partial charge in [0.15, 0.2) is 11.5 Å². The average molecular weight is 421 g/mol. The number of halogens is 1. The van der Waals surface area contributed by atoms with Gasteiger partial charge >= 0.3 is 0 Å². The minimum atomic E-state index is -0.0285. The summed E-state index contributed by atoms with van der Waals surface area (Å²) >= 11 is 6.18. The molecule has 1 aliphatic rings. The van der Waals surface area contributed by atoms with Crippen molar-refractivity contribution < 1.29 is 19.3 Å². The average Bonchev–Trinajstić information content (AvgIpc) is 2.77. The van der Waals surface area contributed by atoms with E-state index in [4.69, 9.17) is 30.9 Å². The number of aliphatic hydroxyl groups excluding tert-OH is 1. The van der Waals surface area contributed by atoms with Crippen LogP contribution >= 0.6 is 11.6 Å². The summed E-state index contributed by atoms with van der Waals surface area (Å²) in [6, 6.07) is 11.9. The molecule has 0 bridgehead atoms. The lowest BCUT2D eigenvalue weighted by atomic mass is 10.1. The molecule has 0 aromatic heterocycles. The minimum Gasteiger partial charge on any atom is -0.493 e. The van der Waals surface area contributed by atoms with E-state index in [9.17, 15) is 0 Å². The maximum atomic E-state index is 8.96. The number of hydrogen-bond acceptors (Lipinski definition) is 6. The third-order valence-electron chi connectivity index (χ3n) is 5.17. The molecule has 2 aromatic rings. The first-order chi connectivity index (χ1) is 14.1. The molecule has 158 valence electrons. The Labute approximate surface area is 177 Å². The smallest absolute Gasteiger partial charge is 0.160 e. The summed E-state index contributed by atoms with van der Waals surface area (Å²) in [7, 11) is 3.32. The van der Waals surface area contributed by atoms with E-state index < -0.39 is 0 Å². The number of methoxy groups -OCH3 is 2. The zero-order chi connectivity index (χ0) is 20.6. The van der Waals surface area contributed by atoms with Crippen LogP contribution in [0.4, 0.5) is 5.69 Å². The largest absolute Gasteiger partial charge is 0.493 e. The molecule has 0 saturated carbocycles. The molecule has 2 aromatic carbocycles. The fraction of sp³-hybridized carbons (Fsp3) is 0.455. The van der Waals surface area contributed by atoms with E-state index in [1.807, 2.05) is 24.3 Å². The van der Waals surface area contributed by atoms with Crippen molar-refractivity contribution in [3.05, 3.63) is 47.0 Å². The maximum absolute atomic E-state index is 8.96. The van der Waals surface area contributed by atoms with Crippen LogP contribution < -0.4 is 19.1 Å². The highest BCUT2D eigenvalue weighted by atomic mass is 35.5. The van der Waals surface area contributed by atoms with E-state index in [-0.39, 0.29) is 13.2 Å². The highest BCUT2D eigenvalue weighted by Crippen LogP contribution is 2.30. The summed E-state index contributed by atoms with van der Waals surface area (Å²) in [5.41, 5.74) is 2.34. The molecule has 7 heteroatoms. The Kier molecular flexibility index (Phi) is 7.86. The van der Waals surface area contributed by atoms with Gasteiger partial charge in [-0.3, -0.25) is 4.90 Å². The van der Waals surface area contributed by atoms with Gasteiger partial charge in [-0.2, -0.15) is 0 Å². The summed E-state index contributed by atoms with van der Waals surface area (Å²) in [6.45, 7) is 5.13. The van der Waals surface area contributed by atoms with E-state index in [1.54, 1.807) is 14.2 Å². The van der Waals surface area contributed by atoms with Crippen LogP contribution in [-0.2, 0) is 6.42 Å². The number of benzene rings is 2. The van der Waals surface area contributed by atoms with Gasteiger partial charge in [0, 0.05) is 44.5 Å². The third kappa shape index (κ3) is 5.69. The van der Waals surface area contributed by atoms with Gasteiger partial charge < -0.3 is 24.2 Å². The van der Waals surface area contributed by atoms with E-state index >= 15 is 0 Å². The van der Waals surface area contributed by atoms with E-state index in [1.165, 1.54) is 5.56 Å². The third-order valence-corrected chi connectivity index (χ3v) is 5.48. The molecule has 0 unspecified atom stereocenters. The molecular weight excluding hydrogens is 392 g/mol. The first-order valence-corrected chi connectivity index (χ1v) is 10.2. The fourth-order valence-electron chi connectivity index (χ4n) is 3.51. The molecule has 0 radical (unpaired) electrons. The molecule has 1 heterocycles. The standard InChI is InChI=1S/C22H29ClN2O4/c1-27-20-6-3-17(15-22(20)28-2)7-8-24-9-11-25(12-10-24)18-4-5-19(23)21(16-18)29-14-13-26/h3-6,15-16,26H,7-14H2,1-2H3. The summed E-state index contributed by atoms with van der Waals surface area (Å²) in [5, 5.41) is 9.52. The molecule has 6 nitrogen and oxygen atoms in total. The van der Waals surface area contributed by atoms with Crippen molar-refractivity contribution in [1.29, 1.82) is 0 Å². The van der Waals surface area contributed by atoms with Crippen molar-refractivity contribution in [2.24, 2.45) is 0 Å². The molecule has 0 aliphatic carbocycles. The summed E-state index contributed by atoms with van der Waals surface area (Å²) in [6.07, 6.45) is 0.973. The highest BCUT2D eigenvalue weighted by molar-refractivity contribution is 6.32. The number of aliphatic hydroxyl groups is 1. The van der Waals surface area contributed by atoms with Crippen molar-refractivity contribution in [2.45, 2.75) is 6.42 Å². The van der Waals surface area contributed by atoms with Crippen LogP contribution in [0, 0.1) is 0 Å². The van der Waals surface area contributed by atoms with Gasteiger partial charge in [0.05, 0.1) is 25.8 Å². The molecule has 3 rings (SSSR count). The van der Waals surface area contributed by atoms with Crippen LogP contribution in [0.5, 0.6) is 17.2 Å². The molecule has 1 saturated heterocycles. The van der Waals surface area contributed by atoms with Crippen molar-refractivity contribution in [1.82, 2.24) is 4.90 Å². The van der Waals surface area contributed by atoms with Crippen molar-refractivity contribution in [3.63, 3.8) is 0 Å². The van der Waals surface area contributed by atoms with E-state index in [0.29, 0.717) is 10.8 Å². The van der Waals surface area contributed by atoms with Crippen LogP contribution in [0.15, 0.2) is 36.4 Å². The Bertz CT molecular complexity index is 794. The van der Waals surface area contributed by atoms with Crippen LogP contribution in [0.3, 0.4) is 0 Å². The summed E-state index contributed by atoms with van der Waals surface area (Å²) in [4.78, 5) is 4.82. The monoisotopic (exact) mass is 420 g/mol. The van der Waals surface area contributed by atoms with Gasteiger partial charge in [-0.1, -0.05) is 17.7 Å². The quantitative estimate of drug-likeness (QED) is 0.672. The molecule has 1 fully saturated rings. The van der Waals surface area contributed by atoms with Crippen LogP contribution in [0.1, 0.15) is 5.56 Å². The Morgan fingerprint density at radius 3 is 2.38 bits per heavy atom. The lowest BCUT2D eigenvalue weighted by Crippen LogP contribution is -2.47. The SMILES string of the molecule is COc1ccc(CCN2CCN(c3ccc(Cl)c(OCCO)c3)CC2)cc1OC. The number of ether oxygens (including phenoxy) is 3. The fourth-order valence-corrected chi connectivity index (χ4v) is 3.68. The molecular formula is C22H29ClN2O4. The second-order valence-corrected chi connectivity index (χ2v) is 7.36. The zero-order valence-electron chi connectivity index (χ0n) is 17.1. The first kappa shape index (κ1) is 21.6. The second-order valence-electron chi connectivity index (χ2n) is 6.95. The first-order valence-electron chi connectivity index (χ1n) is 9.86. The Hall–Kier alpha value is -2.15. The summed E-state index contributed by atoms with van der Waals surface area (Å²) in [5.74, 6) is 2.15. The Morgan fingerprint density at radius 2 is 1.69 bits per heavy atom. The zero-order valence-corrected chi connectivity index (χ0v) is 17.8. The van der Waals surface area contributed by atoms with Crippen molar-refractivity contribution in [3.8, 4) is 17.2 Å². The predicted molar refractivity (Wildman–Crippen MR) is 116 cm³/mol. The number of nitrogens with zero attached hydrogens (tertiary/aromatic N) is 2. The molecule has 0 atom stereocenters. The van der Waals surface area contributed by atoms with Gasteiger partial charge in [-0.15, -0.1) is 0 Å². The Morgan fingerprint density at radius 1 is 0.931 bits per heavy atom. The molecule has 0 amide bonds. The van der Waals surface area contributed by atoms with E-state index in [2.05, 4.69) is 21.9 Å². The van der Waals surface area contributed by atoms with Gasteiger partial charge in [0.2, 0.25) is 0 Å². The predicted octanol–water partition coefficient (Wildman–Crippen LogP) is 3.09. The van der Waals surface area contributed by atoms with Crippen LogP contribution in [0.2, 0.25) is 5.02 Å². The number of anilines is 1. The number of hydrogen-bond donors (Lipinski definition) is 1.